The summed E-state index contributed by atoms with van der Waals surface area (Å²) in [5.41, 5.74) is 5.87. The van der Waals surface area contributed by atoms with E-state index in [9.17, 15) is 9.90 Å². The fourth-order valence-electron chi connectivity index (χ4n) is 3.94. The van der Waals surface area contributed by atoms with E-state index in [1.165, 1.54) is 30.1 Å². The summed E-state index contributed by atoms with van der Waals surface area (Å²) in [6.45, 7) is 10.3. The Kier molecular flexibility index (Phi) is 6.74. The van der Waals surface area contributed by atoms with Crippen molar-refractivity contribution >= 4 is 17.6 Å². The molecule has 3 nitrogen and oxygen atoms in total. The molecule has 0 spiro atoms. The number of hydrogen-bond donors (Lipinski definition) is 1. The monoisotopic (exact) mass is 418 g/mol. The molecule has 1 aliphatic rings. The molecule has 2 aromatic carbocycles. The second-order valence-electron chi connectivity index (χ2n) is 10.2. The Labute approximate surface area is 186 Å². The van der Waals surface area contributed by atoms with Gasteiger partial charge in [0.05, 0.1) is 0 Å². The van der Waals surface area contributed by atoms with Crippen LogP contribution >= 0.6 is 0 Å². The van der Waals surface area contributed by atoms with E-state index in [0.29, 0.717) is 5.41 Å². The van der Waals surface area contributed by atoms with Crippen LogP contribution in [-0.4, -0.2) is 16.7 Å². The van der Waals surface area contributed by atoms with Crippen molar-refractivity contribution in [3.63, 3.8) is 0 Å². The first kappa shape index (κ1) is 22.9. The first-order valence-electron chi connectivity index (χ1n) is 11.1. The number of phenolic OH excluding ortho intramolecular Hbond substituents is 1. The van der Waals surface area contributed by atoms with Gasteiger partial charge in [-0.25, -0.2) is 4.79 Å². The maximum atomic E-state index is 11.9. The number of aromatic hydroxyl groups is 1. The lowest BCUT2D eigenvalue weighted by Gasteiger charge is -2.32. The Bertz CT molecular complexity index is 956. The zero-order valence-electron chi connectivity index (χ0n) is 19.4. The van der Waals surface area contributed by atoms with E-state index in [-0.39, 0.29) is 11.7 Å². The molecule has 164 valence electrons. The van der Waals surface area contributed by atoms with Crippen LogP contribution in [0.2, 0.25) is 0 Å². The average Bonchev–Trinajstić information content (AvgIpc) is 2.69. The molecule has 0 unspecified atom stereocenters. The van der Waals surface area contributed by atoms with Crippen molar-refractivity contribution in [3.8, 4) is 5.75 Å². The van der Waals surface area contributed by atoms with Crippen molar-refractivity contribution in [2.45, 2.75) is 65.9 Å². The molecule has 0 aromatic heterocycles. The largest absolute Gasteiger partial charge is 0.508 e. The lowest BCUT2D eigenvalue weighted by molar-refractivity contribution is -0.148. The summed E-state index contributed by atoms with van der Waals surface area (Å²) in [4.78, 5) is 11.9. The Hall–Kier alpha value is -2.81. The number of rotatable bonds is 4. The van der Waals surface area contributed by atoms with Crippen LogP contribution in [-0.2, 0) is 9.53 Å². The molecule has 1 fully saturated rings. The maximum absolute atomic E-state index is 11.9. The molecule has 0 heterocycles. The van der Waals surface area contributed by atoms with Crippen LogP contribution in [0.1, 0.15) is 77.0 Å². The van der Waals surface area contributed by atoms with Gasteiger partial charge in [0.25, 0.3) is 0 Å². The van der Waals surface area contributed by atoms with Crippen molar-refractivity contribution in [3.05, 3.63) is 76.9 Å². The molecule has 0 saturated heterocycles. The highest BCUT2D eigenvalue weighted by atomic mass is 16.6. The van der Waals surface area contributed by atoms with Gasteiger partial charge in [0.2, 0.25) is 0 Å². The number of esters is 1. The molecule has 0 amide bonds. The van der Waals surface area contributed by atoms with Crippen molar-refractivity contribution < 1.29 is 14.6 Å². The highest BCUT2D eigenvalue weighted by molar-refractivity contribution is 5.88. The van der Waals surface area contributed by atoms with E-state index in [1.54, 1.807) is 18.2 Å². The van der Waals surface area contributed by atoms with Gasteiger partial charge in [0.15, 0.2) is 0 Å². The molecule has 0 atom stereocenters. The molecule has 0 bridgehead atoms. The van der Waals surface area contributed by atoms with E-state index in [1.807, 2.05) is 45.0 Å². The Morgan fingerprint density at radius 2 is 1.45 bits per heavy atom. The normalized spacial score (nSPS) is 16.4. The first-order valence-corrected chi connectivity index (χ1v) is 11.1. The number of benzene rings is 2. The summed E-state index contributed by atoms with van der Waals surface area (Å²) in [6.07, 6.45) is 7.80. The summed E-state index contributed by atoms with van der Waals surface area (Å²) in [6, 6.07) is 15.8. The fraction of sp³-hybridized carbons (Fsp3) is 0.393. The topological polar surface area (TPSA) is 46.5 Å². The Morgan fingerprint density at radius 1 is 0.935 bits per heavy atom. The summed E-state index contributed by atoms with van der Waals surface area (Å²) >= 11 is 0. The van der Waals surface area contributed by atoms with E-state index < -0.39 is 5.60 Å². The van der Waals surface area contributed by atoms with Gasteiger partial charge in [-0.3, -0.25) is 0 Å². The van der Waals surface area contributed by atoms with E-state index in [4.69, 9.17) is 4.74 Å². The van der Waals surface area contributed by atoms with Gasteiger partial charge < -0.3 is 9.84 Å². The van der Waals surface area contributed by atoms with Crippen LogP contribution < -0.4 is 0 Å². The molecule has 1 aliphatic carbocycles. The summed E-state index contributed by atoms with van der Waals surface area (Å²) in [5.74, 6) is -0.0613. The molecule has 0 aliphatic heterocycles. The molecule has 31 heavy (non-hydrogen) atoms. The van der Waals surface area contributed by atoms with Gasteiger partial charge in [0, 0.05) is 6.08 Å². The second-order valence-corrected chi connectivity index (χ2v) is 10.2. The zero-order valence-corrected chi connectivity index (χ0v) is 19.4. The number of phenols is 1. The van der Waals surface area contributed by atoms with Crippen molar-refractivity contribution in [2.75, 3.05) is 0 Å². The molecular formula is C28H34O3. The fourth-order valence-corrected chi connectivity index (χ4v) is 3.94. The summed E-state index contributed by atoms with van der Waals surface area (Å²) in [7, 11) is 0. The number of allylic oxidation sites excluding steroid dienone is 1. The van der Waals surface area contributed by atoms with Gasteiger partial charge in [-0.1, -0.05) is 55.8 Å². The minimum absolute atomic E-state index is 0.278. The highest BCUT2D eigenvalue weighted by Crippen LogP contribution is 2.42. The molecule has 1 saturated carbocycles. The predicted octanol–water partition coefficient (Wildman–Crippen LogP) is 7.15. The minimum Gasteiger partial charge on any atom is -0.508 e. The van der Waals surface area contributed by atoms with Gasteiger partial charge in [-0.2, -0.15) is 0 Å². The van der Waals surface area contributed by atoms with E-state index in [0.717, 1.165) is 29.5 Å². The quantitative estimate of drug-likeness (QED) is 0.424. The molecule has 1 N–H and O–H groups in total. The van der Waals surface area contributed by atoms with Crippen molar-refractivity contribution in [2.24, 2.45) is 5.41 Å². The molecule has 0 radical (unpaired) electrons. The molecular weight excluding hydrogens is 384 g/mol. The Morgan fingerprint density at radius 3 is 1.97 bits per heavy atom. The van der Waals surface area contributed by atoms with Crippen LogP contribution in [0, 0.1) is 5.41 Å². The van der Waals surface area contributed by atoms with E-state index >= 15 is 0 Å². The minimum atomic E-state index is -0.495. The third-order valence-electron chi connectivity index (χ3n) is 5.73. The SMILES string of the molecule is CC1(C)CCC(=C(c2ccc(O)cc2)c2ccc(C=CC(=O)OC(C)(C)C)cc2)CC1. The number of carbonyl (C=O) groups excluding carboxylic acids is 1. The van der Waals surface area contributed by atoms with Crippen LogP contribution in [0.15, 0.2) is 60.2 Å². The van der Waals surface area contributed by atoms with Gasteiger partial charge in [-0.15, -0.1) is 0 Å². The van der Waals surface area contributed by atoms with Crippen LogP contribution in [0.4, 0.5) is 0 Å². The van der Waals surface area contributed by atoms with Crippen molar-refractivity contribution in [1.82, 2.24) is 0 Å². The van der Waals surface area contributed by atoms with Gasteiger partial charge in [0.1, 0.15) is 11.4 Å². The van der Waals surface area contributed by atoms with Gasteiger partial charge in [-0.05, 0) is 92.3 Å². The smallest absolute Gasteiger partial charge is 0.331 e. The first-order chi connectivity index (χ1) is 14.5. The number of carbonyl (C=O) groups is 1. The predicted molar refractivity (Wildman–Crippen MR) is 128 cm³/mol. The molecule has 2 aromatic rings. The van der Waals surface area contributed by atoms with Crippen LogP contribution in [0.3, 0.4) is 0 Å². The molecule has 3 rings (SSSR count). The lowest BCUT2D eigenvalue weighted by Crippen LogP contribution is -2.22. The number of hydrogen-bond acceptors (Lipinski definition) is 3. The zero-order chi connectivity index (χ0) is 22.6. The third kappa shape index (κ3) is 6.58. The summed E-state index contributed by atoms with van der Waals surface area (Å²) < 4.78 is 5.33. The maximum Gasteiger partial charge on any atom is 0.331 e. The van der Waals surface area contributed by atoms with Crippen LogP contribution in [0.25, 0.3) is 11.6 Å². The standard InChI is InChI=1S/C28H34O3/c1-27(2,3)31-25(30)15-8-20-6-9-21(10-7-20)26(22-11-13-24(29)14-12-22)23-16-18-28(4,5)19-17-23/h6-15,29H,16-19H2,1-5H3. The number of ether oxygens (including phenoxy) is 1. The highest BCUT2D eigenvalue weighted by Gasteiger charge is 2.25. The third-order valence-corrected chi connectivity index (χ3v) is 5.73. The van der Waals surface area contributed by atoms with Gasteiger partial charge >= 0.3 is 5.97 Å². The Balaban J connectivity index is 1.88. The van der Waals surface area contributed by atoms with Crippen molar-refractivity contribution in [1.29, 1.82) is 0 Å². The second kappa shape index (κ2) is 9.13. The lowest BCUT2D eigenvalue weighted by atomic mass is 9.73. The van der Waals surface area contributed by atoms with Crippen LogP contribution in [0.5, 0.6) is 5.75 Å². The van der Waals surface area contributed by atoms with E-state index in [2.05, 4.69) is 26.0 Å². The average molecular weight is 419 g/mol. The molecule has 3 heteroatoms. The summed E-state index contributed by atoms with van der Waals surface area (Å²) in [5, 5.41) is 9.74.